The summed E-state index contributed by atoms with van der Waals surface area (Å²) in [6.07, 6.45) is 0. The fourth-order valence-corrected chi connectivity index (χ4v) is 8.72. The number of carbonyl (C=O) groups is 2. The Balaban J connectivity index is 1.04. The van der Waals surface area contributed by atoms with Gasteiger partial charge < -0.3 is 0 Å². The molecule has 0 aliphatic heterocycles. The van der Waals surface area contributed by atoms with E-state index < -0.39 is 31.9 Å². The van der Waals surface area contributed by atoms with Crippen molar-refractivity contribution in [2.45, 2.75) is 22.9 Å². The Bertz CT molecular complexity index is 2230. The fraction of sp³-hybridized carbons (Fsp3) is 0.111. The number of anilines is 2. The number of hydrogen-bond acceptors (Lipinski definition) is 10. The summed E-state index contributed by atoms with van der Waals surface area (Å²) in [6, 6.07) is 29.9. The van der Waals surface area contributed by atoms with Gasteiger partial charge in [-0.15, -0.1) is 22.7 Å². The highest BCUT2D eigenvalue weighted by molar-refractivity contribution is 7.89. The lowest BCUT2D eigenvalue weighted by Crippen LogP contribution is -2.26. The van der Waals surface area contributed by atoms with E-state index in [9.17, 15) is 26.4 Å². The first-order valence-electron chi connectivity index (χ1n) is 15.6. The summed E-state index contributed by atoms with van der Waals surface area (Å²) < 4.78 is 54.7. The predicted octanol–water partition coefficient (Wildman–Crippen LogP) is 6.41. The number of nitrogens with one attached hydrogen (secondary N) is 2. The standard InChI is InChI=1S/C36H32N6O6S4/c1-41(21-25-9-5-3-6-10-25)51(45,46)29-17-13-27(14-18-29)33(43)39-35-37-31(23-49-35)32-24-50-36(38-32)40-34(44)28-15-19-30(20-16-28)52(47,48)42(2)22-26-11-7-4-8-12-26/h3-20,23-24H,21-22H2,1-2H3,(H,37,39,43)(H,38,40,44). The highest BCUT2D eigenvalue weighted by atomic mass is 32.2. The van der Waals surface area contributed by atoms with E-state index in [-0.39, 0.29) is 34.0 Å². The highest BCUT2D eigenvalue weighted by Gasteiger charge is 2.23. The first kappa shape index (κ1) is 36.7. The molecule has 2 N–H and O–H groups in total. The van der Waals surface area contributed by atoms with Crippen LogP contribution in [0.4, 0.5) is 10.3 Å². The highest BCUT2D eigenvalue weighted by Crippen LogP contribution is 2.29. The molecule has 2 aromatic heterocycles. The van der Waals surface area contributed by atoms with E-state index in [1.54, 1.807) is 10.8 Å². The number of benzene rings is 4. The molecule has 0 saturated heterocycles. The van der Waals surface area contributed by atoms with Gasteiger partial charge in [-0.05, 0) is 59.7 Å². The van der Waals surface area contributed by atoms with E-state index in [4.69, 9.17) is 0 Å². The van der Waals surface area contributed by atoms with Crippen molar-refractivity contribution in [2.75, 3.05) is 24.7 Å². The van der Waals surface area contributed by atoms with Crippen LogP contribution in [0, 0.1) is 0 Å². The van der Waals surface area contributed by atoms with Crippen LogP contribution in [0.25, 0.3) is 11.4 Å². The molecule has 0 radical (unpaired) electrons. The van der Waals surface area contributed by atoms with E-state index in [1.807, 2.05) is 60.7 Å². The van der Waals surface area contributed by atoms with Crippen LogP contribution in [0.1, 0.15) is 31.8 Å². The van der Waals surface area contributed by atoms with Crippen LogP contribution in [0.2, 0.25) is 0 Å². The lowest BCUT2D eigenvalue weighted by atomic mass is 10.2. The topological polar surface area (TPSA) is 159 Å². The molecule has 0 bridgehead atoms. The Hall–Kier alpha value is -5.10. The van der Waals surface area contributed by atoms with Gasteiger partial charge in [-0.25, -0.2) is 26.8 Å². The summed E-state index contributed by atoms with van der Waals surface area (Å²) in [5, 5.41) is 9.49. The quantitative estimate of drug-likeness (QED) is 0.136. The smallest absolute Gasteiger partial charge is 0.257 e. The third-order valence-electron chi connectivity index (χ3n) is 7.86. The molecule has 2 amide bonds. The van der Waals surface area contributed by atoms with Crippen LogP contribution in [0.5, 0.6) is 0 Å². The second-order valence-corrected chi connectivity index (χ2v) is 17.3. The Morgan fingerprint density at radius 2 is 0.904 bits per heavy atom. The zero-order valence-electron chi connectivity index (χ0n) is 27.8. The third-order valence-corrected chi connectivity index (χ3v) is 13.0. The van der Waals surface area contributed by atoms with Crippen molar-refractivity contribution < 1.29 is 26.4 Å². The molecule has 0 atom stereocenters. The number of nitrogens with zero attached hydrogens (tertiary/aromatic N) is 4. The van der Waals surface area contributed by atoms with E-state index in [1.165, 1.54) is 93.9 Å². The van der Waals surface area contributed by atoms with Crippen molar-refractivity contribution in [3.63, 3.8) is 0 Å². The molecule has 16 heteroatoms. The summed E-state index contributed by atoms with van der Waals surface area (Å²) in [4.78, 5) is 34.9. The van der Waals surface area contributed by atoms with Gasteiger partial charge in [0, 0.05) is 49.1 Å². The summed E-state index contributed by atoms with van der Waals surface area (Å²) in [7, 11) is -4.53. The van der Waals surface area contributed by atoms with Crippen LogP contribution in [-0.2, 0) is 33.1 Å². The lowest BCUT2D eigenvalue weighted by Gasteiger charge is -2.17. The van der Waals surface area contributed by atoms with Crippen LogP contribution < -0.4 is 10.6 Å². The van der Waals surface area contributed by atoms with Gasteiger partial charge in [0.15, 0.2) is 10.3 Å². The molecule has 52 heavy (non-hydrogen) atoms. The Labute approximate surface area is 309 Å². The van der Waals surface area contributed by atoms with Gasteiger partial charge in [0.25, 0.3) is 11.8 Å². The van der Waals surface area contributed by atoms with Crippen molar-refractivity contribution in [2.24, 2.45) is 0 Å². The molecule has 266 valence electrons. The molecule has 0 saturated carbocycles. The maximum Gasteiger partial charge on any atom is 0.257 e. The first-order valence-corrected chi connectivity index (χ1v) is 20.3. The van der Waals surface area contributed by atoms with Crippen molar-refractivity contribution >= 4 is 64.8 Å². The van der Waals surface area contributed by atoms with Crippen LogP contribution in [0.3, 0.4) is 0 Å². The number of aromatic nitrogens is 2. The Morgan fingerprint density at radius 3 is 1.25 bits per heavy atom. The van der Waals surface area contributed by atoms with Crippen molar-refractivity contribution in [1.82, 2.24) is 18.6 Å². The normalized spacial score (nSPS) is 11.8. The van der Waals surface area contributed by atoms with Crippen molar-refractivity contribution in [3.05, 3.63) is 142 Å². The SMILES string of the molecule is CN(Cc1ccccc1)S(=O)(=O)c1ccc(C(=O)Nc2nc(-c3csc(NC(=O)c4ccc(S(=O)(=O)N(C)Cc5ccccc5)cc4)n3)cs2)cc1. The molecule has 6 aromatic rings. The monoisotopic (exact) mass is 772 g/mol. The lowest BCUT2D eigenvalue weighted by molar-refractivity contribution is 0.101. The van der Waals surface area contributed by atoms with E-state index in [0.717, 1.165) is 11.1 Å². The number of amides is 2. The number of carbonyl (C=O) groups excluding carboxylic acids is 2. The van der Waals surface area contributed by atoms with E-state index in [2.05, 4.69) is 20.6 Å². The van der Waals surface area contributed by atoms with Gasteiger partial charge in [0.2, 0.25) is 20.0 Å². The minimum atomic E-state index is -3.77. The number of rotatable bonds is 13. The molecule has 0 spiro atoms. The average Bonchev–Trinajstić information content (AvgIpc) is 3.82. The summed E-state index contributed by atoms with van der Waals surface area (Å²) in [6.45, 7) is 0.419. The average molecular weight is 773 g/mol. The van der Waals surface area contributed by atoms with Crippen LogP contribution in [0.15, 0.2) is 130 Å². The Morgan fingerprint density at radius 1 is 0.558 bits per heavy atom. The van der Waals surface area contributed by atoms with Gasteiger partial charge >= 0.3 is 0 Å². The van der Waals surface area contributed by atoms with E-state index in [0.29, 0.717) is 21.7 Å². The summed E-state index contributed by atoms with van der Waals surface area (Å²) in [5.74, 6) is -0.925. The fourth-order valence-electron chi connectivity index (χ4n) is 5.00. The largest absolute Gasteiger partial charge is 0.298 e. The molecule has 0 fully saturated rings. The minimum absolute atomic E-state index is 0.0674. The maximum atomic E-state index is 13.1. The van der Waals surface area contributed by atoms with Crippen LogP contribution >= 0.6 is 22.7 Å². The van der Waals surface area contributed by atoms with Gasteiger partial charge in [0.1, 0.15) is 11.4 Å². The predicted molar refractivity (Wildman–Crippen MR) is 202 cm³/mol. The summed E-state index contributed by atoms with van der Waals surface area (Å²) in [5.41, 5.74) is 3.18. The Kier molecular flexibility index (Phi) is 11.0. The summed E-state index contributed by atoms with van der Waals surface area (Å²) >= 11 is 2.37. The van der Waals surface area contributed by atoms with Crippen LogP contribution in [-0.4, -0.2) is 61.3 Å². The number of sulfonamides is 2. The second kappa shape index (κ2) is 15.6. The molecule has 6 rings (SSSR count). The molecule has 12 nitrogen and oxygen atoms in total. The second-order valence-electron chi connectivity index (χ2n) is 11.5. The number of hydrogen-bond donors (Lipinski definition) is 2. The van der Waals surface area contributed by atoms with Gasteiger partial charge in [-0.2, -0.15) is 8.61 Å². The van der Waals surface area contributed by atoms with Crippen molar-refractivity contribution in [1.29, 1.82) is 0 Å². The van der Waals surface area contributed by atoms with Gasteiger partial charge in [-0.1, -0.05) is 60.7 Å². The van der Waals surface area contributed by atoms with Gasteiger partial charge in [-0.3, -0.25) is 20.2 Å². The zero-order chi connectivity index (χ0) is 36.9. The molecule has 4 aromatic carbocycles. The van der Waals surface area contributed by atoms with Crippen molar-refractivity contribution in [3.8, 4) is 11.4 Å². The van der Waals surface area contributed by atoms with E-state index >= 15 is 0 Å². The molecule has 0 unspecified atom stereocenters. The minimum Gasteiger partial charge on any atom is -0.298 e. The number of thiazole rings is 2. The molecule has 2 heterocycles. The molecule has 0 aliphatic rings. The maximum absolute atomic E-state index is 13.1. The molecule has 0 aliphatic carbocycles. The third kappa shape index (κ3) is 8.50. The van der Waals surface area contributed by atoms with Gasteiger partial charge in [0.05, 0.1) is 9.79 Å². The first-order chi connectivity index (χ1) is 24.9. The molecular formula is C36H32N6O6S4. The zero-order valence-corrected chi connectivity index (χ0v) is 31.1. The molecular weight excluding hydrogens is 741 g/mol.